The number of thioether (sulfide) groups is 1. The number of hydrogen-bond donors (Lipinski definition) is 2. The van der Waals surface area contributed by atoms with Gasteiger partial charge in [0.05, 0.1) is 5.75 Å². The zero-order chi connectivity index (χ0) is 14.4. The number of nitrogens with zero attached hydrogens (tertiary/aromatic N) is 1. The molecule has 2 aromatic rings. The smallest absolute Gasteiger partial charge is 0.235 e. The molecule has 2 N–H and O–H groups in total. The minimum absolute atomic E-state index is 0.0369. The molecule has 5 heteroatoms. The number of carbonyl (C=O) groups excluding carboxylic acids is 1. The van der Waals surface area contributed by atoms with Gasteiger partial charge in [0.15, 0.2) is 5.82 Å². The number of aromatic nitrogens is 2. The van der Waals surface area contributed by atoms with Gasteiger partial charge in [-0.3, -0.25) is 9.89 Å². The quantitative estimate of drug-likeness (QED) is 0.801. The first-order valence-electron chi connectivity index (χ1n) is 6.71. The van der Waals surface area contributed by atoms with E-state index >= 15 is 0 Å². The van der Waals surface area contributed by atoms with Crippen LogP contribution in [0.3, 0.4) is 0 Å². The molecule has 0 fully saturated rings. The predicted octanol–water partition coefficient (Wildman–Crippen LogP) is 3.40. The Morgan fingerprint density at radius 2 is 2.10 bits per heavy atom. The number of H-pyrrole nitrogens is 1. The van der Waals surface area contributed by atoms with E-state index in [-0.39, 0.29) is 5.91 Å². The van der Waals surface area contributed by atoms with Crippen LogP contribution >= 0.6 is 11.8 Å². The number of rotatable bonds is 6. The van der Waals surface area contributed by atoms with Gasteiger partial charge in [-0.25, -0.2) is 0 Å². The summed E-state index contributed by atoms with van der Waals surface area (Å²) in [4.78, 5) is 12.9. The fourth-order valence-electron chi connectivity index (χ4n) is 1.79. The monoisotopic (exact) mass is 289 g/mol. The molecule has 106 valence electrons. The van der Waals surface area contributed by atoms with Crippen LogP contribution in [0, 0.1) is 6.92 Å². The summed E-state index contributed by atoms with van der Waals surface area (Å²) < 4.78 is 0. The molecule has 0 bridgehead atoms. The highest BCUT2D eigenvalue weighted by molar-refractivity contribution is 8.00. The van der Waals surface area contributed by atoms with Gasteiger partial charge < -0.3 is 5.32 Å². The van der Waals surface area contributed by atoms with Crippen molar-refractivity contribution in [1.82, 2.24) is 10.2 Å². The van der Waals surface area contributed by atoms with Crippen LogP contribution in [0.4, 0.5) is 5.82 Å². The van der Waals surface area contributed by atoms with Gasteiger partial charge in [0, 0.05) is 16.7 Å². The molecule has 0 aliphatic heterocycles. The van der Waals surface area contributed by atoms with Gasteiger partial charge in [-0.1, -0.05) is 31.0 Å². The van der Waals surface area contributed by atoms with Gasteiger partial charge in [0.25, 0.3) is 0 Å². The Bertz CT molecular complexity index is 563. The molecular formula is C15H19N3OS. The first-order valence-corrected chi connectivity index (χ1v) is 7.69. The van der Waals surface area contributed by atoms with Crippen LogP contribution in [0.25, 0.3) is 0 Å². The molecule has 4 nitrogen and oxygen atoms in total. The number of benzene rings is 1. The van der Waals surface area contributed by atoms with Gasteiger partial charge in [-0.2, -0.15) is 5.10 Å². The minimum Gasteiger partial charge on any atom is -0.308 e. The lowest BCUT2D eigenvalue weighted by Gasteiger charge is -2.02. The molecule has 1 heterocycles. The lowest BCUT2D eigenvalue weighted by Crippen LogP contribution is -2.14. The minimum atomic E-state index is -0.0369. The van der Waals surface area contributed by atoms with Crippen molar-refractivity contribution in [3.63, 3.8) is 0 Å². The van der Waals surface area contributed by atoms with Crippen LogP contribution in [-0.4, -0.2) is 21.9 Å². The second kappa shape index (κ2) is 7.14. The average Bonchev–Trinajstić information content (AvgIpc) is 2.86. The lowest BCUT2D eigenvalue weighted by molar-refractivity contribution is -0.113. The van der Waals surface area contributed by atoms with Crippen LogP contribution in [0.2, 0.25) is 0 Å². The average molecular weight is 289 g/mol. The molecule has 0 unspecified atom stereocenters. The lowest BCUT2D eigenvalue weighted by atomic mass is 10.2. The first-order chi connectivity index (χ1) is 9.67. The highest BCUT2D eigenvalue weighted by Gasteiger charge is 2.06. The van der Waals surface area contributed by atoms with Crippen LogP contribution < -0.4 is 5.32 Å². The first kappa shape index (κ1) is 14.7. The largest absolute Gasteiger partial charge is 0.308 e. The molecule has 0 radical (unpaired) electrons. The second-order valence-electron chi connectivity index (χ2n) is 4.68. The molecule has 0 saturated carbocycles. The van der Waals surface area contributed by atoms with Gasteiger partial charge in [0.1, 0.15) is 0 Å². The molecule has 20 heavy (non-hydrogen) atoms. The fraction of sp³-hybridized carbons (Fsp3) is 0.333. The number of carbonyl (C=O) groups is 1. The third kappa shape index (κ3) is 4.42. The topological polar surface area (TPSA) is 57.8 Å². The van der Waals surface area contributed by atoms with Crippen molar-refractivity contribution in [3.8, 4) is 0 Å². The number of nitrogens with one attached hydrogen (secondary N) is 2. The maximum absolute atomic E-state index is 11.8. The molecule has 0 atom stereocenters. The molecule has 2 rings (SSSR count). The number of anilines is 1. The maximum Gasteiger partial charge on any atom is 0.235 e. The summed E-state index contributed by atoms with van der Waals surface area (Å²) in [5.74, 6) is 0.951. The van der Waals surface area contributed by atoms with Gasteiger partial charge in [0.2, 0.25) is 5.91 Å². The summed E-state index contributed by atoms with van der Waals surface area (Å²) in [6.07, 6.45) is 2.00. The van der Waals surface area contributed by atoms with E-state index in [0.29, 0.717) is 11.6 Å². The second-order valence-corrected chi connectivity index (χ2v) is 5.73. The van der Waals surface area contributed by atoms with Crippen molar-refractivity contribution >= 4 is 23.5 Å². The number of hydrogen-bond acceptors (Lipinski definition) is 3. The van der Waals surface area contributed by atoms with Gasteiger partial charge in [-0.15, -0.1) is 11.8 Å². The molecule has 0 aliphatic carbocycles. The van der Waals surface area contributed by atoms with E-state index in [1.165, 1.54) is 17.3 Å². The predicted molar refractivity (Wildman–Crippen MR) is 83.1 cm³/mol. The van der Waals surface area contributed by atoms with Crippen molar-refractivity contribution in [1.29, 1.82) is 0 Å². The van der Waals surface area contributed by atoms with Crippen molar-refractivity contribution in [2.24, 2.45) is 0 Å². The highest BCUT2D eigenvalue weighted by Crippen LogP contribution is 2.18. The maximum atomic E-state index is 11.8. The Kier molecular flexibility index (Phi) is 5.24. The normalized spacial score (nSPS) is 10.5. The van der Waals surface area contributed by atoms with E-state index in [1.807, 2.05) is 37.3 Å². The number of aromatic amines is 1. The Labute approximate surface area is 123 Å². The molecule has 0 aliphatic rings. The summed E-state index contributed by atoms with van der Waals surface area (Å²) in [5.41, 5.74) is 2.27. The summed E-state index contributed by atoms with van der Waals surface area (Å²) in [7, 11) is 0. The summed E-state index contributed by atoms with van der Waals surface area (Å²) >= 11 is 1.52. The van der Waals surface area contributed by atoms with E-state index in [0.717, 1.165) is 23.4 Å². The SMILES string of the molecule is CCCc1cc(NC(=O)CSc2ccc(C)cc2)n[nH]1. The molecular weight excluding hydrogens is 270 g/mol. The van der Waals surface area contributed by atoms with Crippen LogP contribution in [-0.2, 0) is 11.2 Å². The Morgan fingerprint density at radius 3 is 2.80 bits per heavy atom. The summed E-state index contributed by atoms with van der Waals surface area (Å²) in [6.45, 7) is 4.16. The molecule has 0 saturated heterocycles. The fourth-order valence-corrected chi connectivity index (χ4v) is 2.48. The van der Waals surface area contributed by atoms with E-state index < -0.39 is 0 Å². The highest BCUT2D eigenvalue weighted by atomic mass is 32.2. The van der Waals surface area contributed by atoms with E-state index in [9.17, 15) is 4.79 Å². The Hall–Kier alpha value is -1.75. The van der Waals surface area contributed by atoms with Crippen molar-refractivity contribution in [2.75, 3.05) is 11.1 Å². The van der Waals surface area contributed by atoms with Crippen molar-refractivity contribution in [3.05, 3.63) is 41.6 Å². The third-order valence-corrected chi connectivity index (χ3v) is 3.82. The summed E-state index contributed by atoms with van der Waals surface area (Å²) in [5, 5.41) is 9.80. The molecule has 1 aromatic heterocycles. The molecule has 0 spiro atoms. The molecule has 1 amide bonds. The zero-order valence-corrected chi connectivity index (χ0v) is 12.6. The van der Waals surface area contributed by atoms with Crippen LogP contribution in [0.5, 0.6) is 0 Å². The summed E-state index contributed by atoms with van der Waals surface area (Å²) in [6, 6.07) is 10.0. The van der Waals surface area contributed by atoms with Crippen molar-refractivity contribution < 1.29 is 4.79 Å². The third-order valence-electron chi connectivity index (χ3n) is 2.81. The van der Waals surface area contributed by atoms with Crippen LogP contribution in [0.15, 0.2) is 35.2 Å². The van der Waals surface area contributed by atoms with E-state index in [4.69, 9.17) is 0 Å². The Balaban J connectivity index is 1.81. The van der Waals surface area contributed by atoms with Gasteiger partial charge in [-0.05, 0) is 25.5 Å². The van der Waals surface area contributed by atoms with E-state index in [1.54, 1.807) is 0 Å². The Morgan fingerprint density at radius 1 is 1.35 bits per heavy atom. The standard InChI is InChI=1S/C15H19N3OS/c1-3-4-12-9-14(18-17-12)16-15(19)10-20-13-7-5-11(2)6-8-13/h5-9H,3-4,10H2,1-2H3,(H2,16,17,18,19). The van der Waals surface area contributed by atoms with Crippen molar-refractivity contribution in [2.45, 2.75) is 31.6 Å². The number of amides is 1. The molecule has 1 aromatic carbocycles. The number of aryl methyl sites for hydroxylation is 2. The van der Waals surface area contributed by atoms with E-state index in [2.05, 4.69) is 22.4 Å². The van der Waals surface area contributed by atoms with Gasteiger partial charge >= 0.3 is 0 Å². The zero-order valence-electron chi connectivity index (χ0n) is 11.8. The van der Waals surface area contributed by atoms with Crippen LogP contribution in [0.1, 0.15) is 24.6 Å².